The highest BCUT2D eigenvalue weighted by Crippen LogP contribution is 2.29. The van der Waals surface area contributed by atoms with Crippen LogP contribution in [0.4, 0.5) is 11.5 Å². The van der Waals surface area contributed by atoms with Crippen molar-refractivity contribution in [2.45, 2.75) is 13.5 Å². The fourth-order valence-corrected chi connectivity index (χ4v) is 3.43. The van der Waals surface area contributed by atoms with Gasteiger partial charge in [0.1, 0.15) is 18.7 Å². The lowest BCUT2D eigenvalue weighted by Gasteiger charge is -2.10. The van der Waals surface area contributed by atoms with Crippen molar-refractivity contribution in [1.82, 2.24) is 14.5 Å². The first-order chi connectivity index (χ1) is 13.1. The molecule has 0 unspecified atom stereocenters. The lowest BCUT2D eigenvalue weighted by molar-refractivity contribution is -0.143. The molecule has 0 saturated heterocycles. The van der Waals surface area contributed by atoms with Gasteiger partial charge in [0.15, 0.2) is 0 Å². The number of fused-ring (bicyclic) bond motifs is 2. The third-order valence-corrected chi connectivity index (χ3v) is 4.71. The first-order valence-electron chi connectivity index (χ1n) is 8.56. The minimum Gasteiger partial charge on any atom is -0.465 e. The highest BCUT2D eigenvalue weighted by atomic mass is 79.9. The summed E-state index contributed by atoms with van der Waals surface area (Å²) < 4.78 is 7.91. The van der Waals surface area contributed by atoms with Gasteiger partial charge < -0.3 is 14.6 Å². The van der Waals surface area contributed by atoms with Crippen LogP contribution in [0.3, 0.4) is 0 Å². The monoisotopic (exact) mass is 424 g/mol. The summed E-state index contributed by atoms with van der Waals surface area (Å²) in [6.45, 7) is 2.35. The van der Waals surface area contributed by atoms with Gasteiger partial charge in [-0.3, -0.25) is 4.79 Å². The number of nitrogens with one attached hydrogen (secondary N) is 1. The van der Waals surface area contributed by atoms with Crippen LogP contribution in [0.15, 0.2) is 59.5 Å². The molecule has 2 aromatic heterocycles. The van der Waals surface area contributed by atoms with Gasteiger partial charge in [-0.15, -0.1) is 0 Å². The number of benzene rings is 2. The maximum Gasteiger partial charge on any atom is 0.325 e. The van der Waals surface area contributed by atoms with E-state index >= 15 is 0 Å². The average molecular weight is 425 g/mol. The maximum atomic E-state index is 11.8. The lowest BCUT2D eigenvalue weighted by atomic mass is 10.1. The standard InChI is InChI=1S/C20H17BrN4O2/c1-2-27-19(26)11-25-7-6-13-8-16-17(10-18(13)25)22-12-23-20(16)24-15-5-3-4-14(21)9-15/h3-10,12H,2,11H2,1H3,(H,22,23,24). The zero-order valence-corrected chi connectivity index (χ0v) is 16.2. The first kappa shape index (κ1) is 17.5. The Morgan fingerprint density at radius 3 is 2.93 bits per heavy atom. The van der Waals surface area contributed by atoms with Crippen LogP contribution >= 0.6 is 15.9 Å². The van der Waals surface area contributed by atoms with Crippen molar-refractivity contribution in [1.29, 1.82) is 0 Å². The van der Waals surface area contributed by atoms with Crippen molar-refractivity contribution in [2.24, 2.45) is 0 Å². The first-order valence-corrected chi connectivity index (χ1v) is 9.35. The molecule has 2 aromatic carbocycles. The van der Waals surface area contributed by atoms with Gasteiger partial charge in [0, 0.05) is 27.1 Å². The number of anilines is 2. The molecule has 7 heteroatoms. The molecule has 0 aliphatic rings. The number of aromatic nitrogens is 3. The van der Waals surface area contributed by atoms with Crippen molar-refractivity contribution in [3.8, 4) is 0 Å². The summed E-state index contributed by atoms with van der Waals surface area (Å²) in [5.74, 6) is 0.480. The quantitative estimate of drug-likeness (QED) is 0.472. The topological polar surface area (TPSA) is 69.0 Å². The Bertz CT molecular complexity index is 1140. The fourth-order valence-electron chi connectivity index (χ4n) is 3.03. The molecule has 0 atom stereocenters. The van der Waals surface area contributed by atoms with Gasteiger partial charge in [0.25, 0.3) is 0 Å². The van der Waals surface area contributed by atoms with Gasteiger partial charge in [0.2, 0.25) is 0 Å². The molecule has 1 N–H and O–H groups in total. The van der Waals surface area contributed by atoms with Gasteiger partial charge in [0.05, 0.1) is 17.6 Å². The van der Waals surface area contributed by atoms with Crippen molar-refractivity contribution in [3.63, 3.8) is 0 Å². The zero-order valence-electron chi connectivity index (χ0n) is 14.6. The molecule has 0 fully saturated rings. The third-order valence-electron chi connectivity index (χ3n) is 4.22. The van der Waals surface area contributed by atoms with E-state index in [0.717, 1.165) is 37.8 Å². The Kier molecular flexibility index (Phi) is 4.77. The van der Waals surface area contributed by atoms with Crippen LogP contribution in [0.5, 0.6) is 0 Å². The van der Waals surface area contributed by atoms with Crippen LogP contribution in [0.2, 0.25) is 0 Å². The SMILES string of the molecule is CCOC(=O)Cn1ccc2cc3c(Nc4cccc(Br)c4)ncnc3cc21. The normalized spacial score (nSPS) is 11.0. The number of hydrogen-bond acceptors (Lipinski definition) is 5. The molecule has 0 radical (unpaired) electrons. The Morgan fingerprint density at radius 2 is 2.11 bits per heavy atom. The predicted molar refractivity (Wildman–Crippen MR) is 109 cm³/mol. The number of rotatable bonds is 5. The molecule has 6 nitrogen and oxygen atoms in total. The van der Waals surface area contributed by atoms with E-state index in [-0.39, 0.29) is 12.5 Å². The van der Waals surface area contributed by atoms with E-state index < -0.39 is 0 Å². The average Bonchev–Trinajstić information content (AvgIpc) is 3.02. The van der Waals surface area contributed by atoms with E-state index in [0.29, 0.717) is 6.61 Å². The number of esters is 1. The summed E-state index contributed by atoms with van der Waals surface area (Å²) in [6.07, 6.45) is 3.42. The Labute approximate surface area is 164 Å². The third kappa shape index (κ3) is 3.64. The molecule has 0 amide bonds. The van der Waals surface area contributed by atoms with E-state index in [9.17, 15) is 4.79 Å². The summed E-state index contributed by atoms with van der Waals surface area (Å²) in [4.78, 5) is 20.6. The summed E-state index contributed by atoms with van der Waals surface area (Å²) in [5.41, 5.74) is 2.67. The molecule has 0 aliphatic carbocycles. The van der Waals surface area contributed by atoms with Crippen LogP contribution in [0, 0.1) is 0 Å². The molecule has 0 saturated carbocycles. The number of halogens is 1. The van der Waals surface area contributed by atoms with Crippen LogP contribution in [-0.4, -0.2) is 27.1 Å². The molecule has 4 aromatic rings. The van der Waals surface area contributed by atoms with Gasteiger partial charge in [-0.05, 0) is 43.3 Å². The summed E-state index contributed by atoms with van der Waals surface area (Å²) >= 11 is 3.48. The summed E-state index contributed by atoms with van der Waals surface area (Å²) in [6, 6.07) is 13.9. The number of nitrogens with zero attached hydrogens (tertiary/aromatic N) is 3. The molecular weight excluding hydrogens is 408 g/mol. The van der Waals surface area contributed by atoms with E-state index in [1.54, 1.807) is 6.92 Å². The number of carbonyl (C=O) groups is 1. The summed E-state index contributed by atoms with van der Waals surface area (Å²) in [5, 5.41) is 5.27. The van der Waals surface area contributed by atoms with E-state index in [2.05, 4.69) is 31.2 Å². The molecule has 4 rings (SSSR count). The predicted octanol–water partition coefficient (Wildman–Crippen LogP) is 4.65. The fraction of sp³-hybridized carbons (Fsp3) is 0.150. The molecule has 0 aliphatic heterocycles. The molecule has 27 heavy (non-hydrogen) atoms. The largest absolute Gasteiger partial charge is 0.465 e. The van der Waals surface area contributed by atoms with E-state index in [1.807, 2.05) is 53.2 Å². The second-order valence-electron chi connectivity index (χ2n) is 6.03. The Hall–Kier alpha value is -2.93. The smallest absolute Gasteiger partial charge is 0.325 e. The van der Waals surface area contributed by atoms with Gasteiger partial charge in [-0.25, -0.2) is 9.97 Å². The van der Waals surface area contributed by atoms with Crippen molar-refractivity contribution in [3.05, 3.63) is 59.5 Å². The molecular formula is C20H17BrN4O2. The maximum absolute atomic E-state index is 11.8. The summed E-state index contributed by atoms with van der Waals surface area (Å²) in [7, 11) is 0. The van der Waals surface area contributed by atoms with Gasteiger partial charge >= 0.3 is 5.97 Å². The minimum atomic E-state index is -0.255. The van der Waals surface area contributed by atoms with Crippen molar-refractivity contribution < 1.29 is 9.53 Å². The second-order valence-corrected chi connectivity index (χ2v) is 6.95. The van der Waals surface area contributed by atoms with Gasteiger partial charge in [-0.2, -0.15) is 0 Å². The Morgan fingerprint density at radius 1 is 1.22 bits per heavy atom. The minimum absolute atomic E-state index is 0.178. The second kappa shape index (κ2) is 7.36. The van der Waals surface area contributed by atoms with Crippen molar-refractivity contribution >= 4 is 55.2 Å². The van der Waals surface area contributed by atoms with E-state index in [1.165, 1.54) is 6.33 Å². The van der Waals surface area contributed by atoms with Crippen LogP contribution in [0.25, 0.3) is 21.8 Å². The van der Waals surface area contributed by atoms with Crippen LogP contribution in [0.1, 0.15) is 6.92 Å². The molecule has 2 heterocycles. The van der Waals surface area contributed by atoms with Gasteiger partial charge in [-0.1, -0.05) is 22.0 Å². The number of ether oxygens (including phenoxy) is 1. The number of carbonyl (C=O) groups excluding carboxylic acids is 1. The van der Waals surface area contributed by atoms with Crippen LogP contribution in [-0.2, 0) is 16.1 Å². The molecule has 136 valence electrons. The van der Waals surface area contributed by atoms with E-state index in [4.69, 9.17) is 4.74 Å². The molecule has 0 bridgehead atoms. The number of hydrogen-bond donors (Lipinski definition) is 1. The lowest BCUT2D eigenvalue weighted by Crippen LogP contribution is -2.12. The highest BCUT2D eigenvalue weighted by molar-refractivity contribution is 9.10. The van der Waals surface area contributed by atoms with Crippen molar-refractivity contribution in [2.75, 3.05) is 11.9 Å². The Balaban J connectivity index is 1.74. The zero-order chi connectivity index (χ0) is 18.8. The molecule has 0 spiro atoms. The van der Waals surface area contributed by atoms with Crippen LogP contribution < -0.4 is 5.32 Å². The highest BCUT2D eigenvalue weighted by Gasteiger charge is 2.11.